The van der Waals surface area contributed by atoms with Crippen LogP contribution in [0.1, 0.15) is 36.8 Å². The minimum atomic E-state index is -0.388. The number of carbonyl (C=O) groups is 2. The summed E-state index contributed by atoms with van der Waals surface area (Å²) >= 11 is 0. The van der Waals surface area contributed by atoms with E-state index in [2.05, 4.69) is 6.58 Å². The number of hydrogen-bond donors (Lipinski definition) is 0. The maximum atomic E-state index is 12.7. The quantitative estimate of drug-likeness (QED) is 0.426. The first-order chi connectivity index (χ1) is 12.6. The van der Waals surface area contributed by atoms with Crippen LogP contribution < -0.4 is 0 Å². The molecule has 1 aliphatic rings. The van der Waals surface area contributed by atoms with Crippen molar-refractivity contribution in [2.24, 2.45) is 0 Å². The van der Waals surface area contributed by atoms with Crippen molar-refractivity contribution in [3.05, 3.63) is 71.8 Å². The van der Waals surface area contributed by atoms with Crippen molar-refractivity contribution in [2.75, 3.05) is 13.2 Å². The minimum absolute atomic E-state index is 0.235. The normalized spacial score (nSPS) is 12.2. The third-order valence-corrected chi connectivity index (χ3v) is 4.43. The van der Waals surface area contributed by atoms with E-state index in [4.69, 9.17) is 9.47 Å². The molecule has 26 heavy (non-hydrogen) atoms. The Kier molecular flexibility index (Phi) is 5.52. The van der Waals surface area contributed by atoms with Crippen molar-refractivity contribution in [3.63, 3.8) is 0 Å². The molecule has 0 aromatic heterocycles. The van der Waals surface area contributed by atoms with E-state index in [1.165, 1.54) is 0 Å². The van der Waals surface area contributed by atoms with Gasteiger partial charge in [0.2, 0.25) is 0 Å². The molecule has 4 nitrogen and oxygen atoms in total. The fourth-order valence-electron chi connectivity index (χ4n) is 3.16. The molecule has 0 radical (unpaired) electrons. The summed E-state index contributed by atoms with van der Waals surface area (Å²) in [4.78, 5) is 24.0. The van der Waals surface area contributed by atoms with Gasteiger partial charge in [0.05, 0.1) is 13.2 Å². The average molecular weight is 350 g/mol. The Morgan fingerprint density at radius 2 is 1.38 bits per heavy atom. The molecule has 0 spiro atoms. The summed E-state index contributed by atoms with van der Waals surface area (Å²) in [7, 11) is 0. The highest BCUT2D eigenvalue weighted by molar-refractivity contribution is 5.93. The van der Waals surface area contributed by atoms with Crippen LogP contribution in [0.15, 0.2) is 60.7 Å². The second-order valence-electron chi connectivity index (χ2n) is 6.40. The van der Waals surface area contributed by atoms with Crippen molar-refractivity contribution < 1.29 is 19.1 Å². The maximum absolute atomic E-state index is 12.7. The van der Waals surface area contributed by atoms with Crippen molar-refractivity contribution in [3.8, 4) is 11.1 Å². The zero-order valence-corrected chi connectivity index (χ0v) is 14.9. The van der Waals surface area contributed by atoms with E-state index in [9.17, 15) is 9.59 Å². The number of esters is 2. The summed E-state index contributed by atoms with van der Waals surface area (Å²) < 4.78 is 10.5. The van der Waals surface area contributed by atoms with Crippen LogP contribution in [0.2, 0.25) is 0 Å². The van der Waals surface area contributed by atoms with Gasteiger partial charge in [-0.15, -0.1) is 0 Å². The second kappa shape index (κ2) is 8.00. The lowest BCUT2D eigenvalue weighted by atomic mass is 9.97. The molecule has 134 valence electrons. The van der Waals surface area contributed by atoms with Gasteiger partial charge in [-0.2, -0.15) is 0 Å². The number of carbonyl (C=O) groups excluding carboxylic acids is 2. The molecule has 3 rings (SSSR count). The summed E-state index contributed by atoms with van der Waals surface area (Å²) in [5.74, 6) is -0.994. The Morgan fingerprint density at radius 3 is 1.92 bits per heavy atom. The monoisotopic (exact) mass is 350 g/mol. The summed E-state index contributed by atoms with van der Waals surface area (Å²) in [6, 6.07) is 15.9. The van der Waals surface area contributed by atoms with Crippen LogP contribution in [-0.2, 0) is 19.1 Å². The molecule has 0 unspecified atom stereocenters. The number of unbranched alkanes of at least 4 members (excludes halogenated alkanes) is 1. The molecule has 0 N–H and O–H groups in total. The van der Waals surface area contributed by atoms with E-state index in [0.717, 1.165) is 22.3 Å². The van der Waals surface area contributed by atoms with Crippen LogP contribution in [0.4, 0.5) is 0 Å². The molecule has 4 heteroatoms. The van der Waals surface area contributed by atoms with Gasteiger partial charge in [0.15, 0.2) is 0 Å². The van der Waals surface area contributed by atoms with Gasteiger partial charge in [0.1, 0.15) is 5.92 Å². The van der Waals surface area contributed by atoms with Crippen LogP contribution in [0.5, 0.6) is 0 Å². The molecule has 0 heterocycles. The zero-order valence-electron chi connectivity index (χ0n) is 14.9. The van der Waals surface area contributed by atoms with E-state index < -0.39 is 0 Å². The van der Waals surface area contributed by atoms with Gasteiger partial charge in [-0.25, -0.2) is 4.79 Å². The molecule has 0 saturated carbocycles. The molecule has 1 aliphatic carbocycles. The summed E-state index contributed by atoms with van der Waals surface area (Å²) in [5, 5.41) is 0. The molecule has 0 fully saturated rings. The van der Waals surface area contributed by atoms with Crippen molar-refractivity contribution >= 4 is 11.9 Å². The first kappa shape index (κ1) is 17.9. The molecular weight excluding hydrogens is 328 g/mol. The highest BCUT2D eigenvalue weighted by Gasteiger charge is 2.34. The van der Waals surface area contributed by atoms with Crippen LogP contribution in [-0.4, -0.2) is 25.2 Å². The number of benzene rings is 2. The van der Waals surface area contributed by atoms with Gasteiger partial charge in [-0.05, 0) is 42.0 Å². The molecule has 2 aromatic carbocycles. The summed E-state index contributed by atoms with van der Waals surface area (Å²) in [6.45, 7) is 5.76. The Labute approximate surface area is 153 Å². The topological polar surface area (TPSA) is 52.6 Å². The largest absolute Gasteiger partial charge is 0.465 e. The fraction of sp³-hybridized carbons (Fsp3) is 0.273. The highest BCUT2D eigenvalue weighted by Crippen LogP contribution is 2.44. The van der Waals surface area contributed by atoms with E-state index in [1.807, 2.05) is 48.5 Å². The van der Waals surface area contributed by atoms with Crippen molar-refractivity contribution in [1.29, 1.82) is 0 Å². The van der Waals surface area contributed by atoms with Gasteiger partial charge in [0.25, 0.3) is 0 Å². The number of hydrogen-bond acceptors (Lipinski definition) is 4. The minimum Gasteiger partial charge on any atom is -0.465 e. The van der Waals surface area contributed by atoms with Crippen LogP contribution in [0.3, 0.4) is 0 Å². The van der Waals surface area contributed by atoms with Gasteiger partial charge >= 0.3 is 11.9 Å². The van der Waals surface area contributed by atoms with E-state index in [0.29, 0.717) is 31.6 Å². The Morgan fingerprint density at radius 1 is 0.885 bits per heavy atom. The molecule has 0 aliphatic heterocycles. The zero-order chi connectivity index (χ0) is 18.5. The van der Waals surface area contributed by atoms with E-state index in [-0.39, 0.29) is 17.9 Å². The maximum Gasteiger partial charge on any atom is 0.333 e. The molecule has 0 saturated heterocycles. The lowest BCUT2D eigenvalue weighted by Gasteiger charge is -2.13. The average Bonchev–Trinajstić information content (AvgIpc) is 2.98. The van der Waals surface area contributed by atoms with Gasteiger partial charge in [0, 0.05) is 5.57 Å². The molecule has 0 atom stereocenters. The smallest absolute Gasteiger partial charge is 0.333 e. The van der Waals surface area contributed by atoms with Gasteiger partial charge in [-0.1, -0.05) is 55.1 Å². The lowest BCUT2D eigenvalue weighted by molar-refractivity contribution is -0.145. The molecule has 2 aromatic rings. The number of ether oxygens (including phenoxy) is 2. The Hall–Kier alpha value is -2.88. The third kappa shape index (κ3) is 3.69. The third-order valence-electron chi connectivity index (χ3n) is 4.43. The van der Waals surface area contributed by atoms with Gasteiger partial charge in [-0.3, -0.25) is 4.79 Å². The first-order valence-electron chi connectivity index (χ1n) is 8.77. The van der Waals surface area contributed by atoms with Gasteiger partial charge < -0.3 is 9.47 Å². The van der Waals surface area contributed by atoms with Crippen molar-refractivity contribution in [1.82, 2.24) is 0 Å². The number of rotatable bonds is 7. The highest BCUT2D eigenvalue weighted by atomic mass is 16.5. The number of fused-ring (bicyclic) bond motifs is 3. The predicted molar refractivity (Wildman–Crippen MR) is 99.7 cm³/mol. The first-order valence-corrected chi connectivity index (χ1v) is 8.77. The molecule has 0 bridgehead atoms. The fourth-order valence-corrected chi connectivity index (χ4v) is 3.16. The SMILES string of the molecule is C=C(C)C(=O)OCCCCOC(=O)C1c2ccccc2-c2ccccc21. The lowest BCUT2D eigenvalue weighted by Crippen LogP contribution is -2.16. The standard InChI is InChI=1S/C22H22O4/c1-15(2)21(23)25-13-7-8-14-26-22(24)20-18-11-5-3-9-16(18)17-10-4-6-12-19(17)20/h3-6,9-12,20H,1,7-8,13-14H2,2H3. The van der Waals surface area contributed by atoms with Crippen LogP contribution >= 0.6 is 0 Å². The van der Waals surface area contributed by atoms with Crippen LogP contribution in [0, 0.1) is 0 Å². The summed E-state index contributed by atoms with van der Waals surface area (Å²) in [6.07, 6.45) is 1.29. The second-order valence-corrected chi connectivity index (χ2v) is 6.40. The van der Waals surface area contributed by atoms with Crippen LogP contribution in [0.25, 0.3) is 11.1 Å². The molecular formula is C22H22O4. The molecule has 0 amide bonds. The van der Waals surface area contributed by atoms with Crippen molar-refractivity contribution in [2.45, 2.75) is 25.7 Å². The Balaban J connectivity index is 1.56. The summed E-state index contributed by atoms with van der Waals surface area (Å²) in [5.41, 5.74) is 4.56. The van der Waals surface area contributed by atoms with E-state index in [1.54, 1.807) is 6.92 Å². The van der Waals surface area contributed by atoms with E-state index >= 15 is 0 Å². The Bertz CT molecular complexity index is 792. The predicted octanol–water partition coefficient (Wildman–Crippen LogP) is 4.24.